The van der Waals surface area contributed by atoms with E-state index in [0.717, 1.165) is 0 Å². The number of hydrogen-bond donors (Lipinski definition) is 2. The molecule has 0 radical (unpaired) electrons. The van der Waals surface area contributed by atoms with Crippen LogP contribution in [0.15, 0.2) is 18.2 Å². The number of carboxylic acids is 1. The van der Waals surface area contributed by atoms with E-state index in [-0.39, 0.29) is 11.7 Å². The molecule has 2 N–H and O–H groups in total. The van der Waals surface area contributed by atoms with E-state index in [1.807, 2.05) is 0 Å². The number of nitrogens with one attached hydrogen (secondary N) is 1. The number of ether oxygens (including phenoxy) is 1. The van der Waals surface area contributed by atoms with Crippen molar-refractivity contribution in [1.82, 2.24) is 0 Å². The van der Waals surface area contributed by atoms with Gasteiger partial charge in [0.05, 0.1) is 11.7 Å². The van der Waals surface area contributed by atoms with Crippen LogP contribution in [0, 0.1) is 6.92 Å². The van der Waals surface area contributed by atoms with Gasteiger partial charge >= 0.3 is 12.1 Å². The lowest BCUT2D eigenvalue weighted by Crippen LogP contribution is -2.18. The molecule has 0 heterocycles. The summed E-state index contributed by atoms with van der Waals surface area (Å²) in [7, 11) is 0. The number of carboxylic acid groups (broad SMARTS) is 1. The Morgan fingerprint density at radius 2 is 2.00 bits per heavy atom. The van der Waals surface area contributed by atoms with Crippen LogP contribution in [0.4, 0.5) is 10.5 Å². The highest BCUT2D eigenvalue weighted by Gasteiger charge is 2.10. The molecule has 0 unspecified atom stereocenters. The first-order chi connectivity index (χ1) is 7.90. The van der Waals surface area contributed by atoms with Gasteiger partial charge in [-0.05, 0) is 38.5 Å². The highest BCUT2D eigenvalue weighted by Crippen LogP contribution is 2.15. The number of aromatic carboxylic acids is 1. The fourth-order valence-corrected chi connectivity index (χ4v) is 1.29. The Labute approximate surface area is 99.4 Å². The quantitative estimate of drug-likeness (QED) is 0.847. The molecule has 0 saturated carbocycles. The van der Waals surface area contributed by atoms with Crippen LogP contribution < -0.4 is 5.32 Å². The van der Waals surface area contributed by atoms with E-state index in [9.17, 15) is 9.59 Å². The van der Waals surface area contributed by atoms with E-state index in [1.54, 1.807) is 32.9 Å². The van der Waals surface area contributed by atoms with Crippen LogP contribution >= 0.6 is 0 Å². The molecule has 17 heavy (non-hydrogen) atoms. The second-order valence-corrected chi connectivity index (χ2v) is 3.91. The molecule has 5 nitrogen and oxygen atoms in total. The maximum Gasteiger partial charge on any atom is 0.411 e. The molecule has 1 aromatic carbocycles. The summed E-state index contributed by atoms with van der Waals surface area (Å²) in [5.41, 5.74) is 1.20. The van der Waals surface area contributed by atoms with Crippen LogP contribution in [-0.2, 0) is 4.74 Å². The van der Waals surface area contributed by atoms with Crippen molar-refractivity contribution >= 4 is 17.7 Å². The van der Waals surface area contributed by atoms with Gasteiger partial charge in [-0.1, -0.05) is 6.07 Å². The highest BCUT2D eigenvalue weighted by atomic mass is 16.6. The van der Waals surface area contributed by atoms with Gasteiger partial charge in [-0.2, -0.15) is 0 Å². The Hall–Kier alpha value is -2.04. The molecule has 0 aromatic heterocycles. The van der Waals surface area contributed by atoms with Crippen molar-refractivity contribution in [3.8, 4) is 0 Å². The highest BCUT2D eigenvalue weighted by molar-refractivity contribution is 5.92. The molecule has 0 spiro atoms. The first kappa shape index (κ1) is 13.0. The smallest absolute Gasteiger partial charge is 0.411 e. The molecule has 0 bridgehead atoms. The van der Waals surface area contributed by atoms with Crippen LogP contribution in [0.25, 0.3) is 0 Å². The monoisotopic (exact) mass is 237 g/mol. The summed E-state index contributed by atoms with van der Waals surface area (Å²) < 4.78 is 4.89. The maximum atomic E-state index is 11.3. The van der Waals surface area contributed by atoms with Gasteiger partial charge in [0, 0.05) is 5.69 Å². The van der Waals surface area contributed by atoms with Crippen molar-refractivity contribution in [3.63, 3.8) is 0 Å². The number of amides is 1. The third kappa shape index (κ3) is 3.79. The Kier molecular flexibility index (Phi) is 4.09. The van der Waals surface area contributed by atoms with E-state index >= 15 is 0 Å². The van der Waals surface area contributed by atoms with E-state index in [2.05, 4.69) is 5.32 Å². The third-order valence-corrected chi connectivity index (χ3v) is 2.06. The zero-order valence-corrected chi connectivity index (χ0v) is 9.98. The number of rotatable bonds is 3. The molecule has 1 aromatic rings. The Balaban J connectivity index is 2.82. The summed E-state index contributed by atoms with van der Waals surface area (Å²) in [4.78, 5) is 22.2. The van der Waals surface area contributed by atoms with Crippen LogP contribution in [0.2, 0.25) is 0 Å². The predicted molar refractivity (Wildman–Crippen MR) is 63.4 cm³/mol. The van der Waals surface area contributed by atoms with Gasteiger partial charge in [0.1, 0.15) is 0 Å². The maximum absolute atomic E-state index is 11.3. The van der Waals surface area contributed by atoms with Gasteiger partial charge in [0.15, 0.2) is 0 Å². The minimum atomic E-state index is -1.02. The number of anilines is 1. The first-order valence-corrected chi connectivity index (χ1v) is 5.21. The van der Waals surface area contributed by atoms with Gasteiger partial charge in [-0.15, -0.1) is 0 Å². The van der Waals surface area contributed by atoms with Crippen molar-refractivity contribution in [3.05, 3.63) is 29.3 Å². The predicted octanol–water partition coefficient (Wildman–Crippen LogP) is 2.65. The van der Waals surface area contributed by atoms with Gasteiger partial charge < -0.3 is 9.84 Å². The van der Waals surface area contributed by atoms with Crippen molar-refractivity contribution in [2.45, 2.75) is 26.9 Å². The average Bonchev–Trinajstić information content (AvgIpc) is 2.19. The average molecular weight is 237 g/mol. The fraction of sp³-hybridized carbons (Fsp3) is 0.333. The molecular formula is C12H15NO4. The van der Waals surface area contributed by atoms with Crippen LogP contribution in [0.1, 0.15) is 29.8 Å². The zero-order chi connectivity index (χ0) is 13.0. The summed E-state index contributed by atoms with van der Waals surface area (Å²) in [5.74, 6) is -1.02. The van der Waals surface area contributed by atoms with Gasteiger partial charge in [0.2, 0.25) is 0 Å². The zero-order valence-electron chi connectivity index (χ0n) is 9.98. The van der Waals surface area contributed by atoms with E-state index < -0.39 is 12.1 Å². The second-order valence-electron chi connectivity index (χ2n) is 3.91. The van der Waals surface area contributed by atoms with Crippen molar-refractivity contribution in [2.75, 3.05) is 5.32 Å². The topological polar surface area (TPSA) is 75.6 Å². The van der Waals surface area contributed by atoms with Crippen LogP contribution in [0.3, 0.4) is 0 Å². The molecule has 0 atom stereocenters. The van der Waals surface area contributed by atoms with Gasteiger partial charge in [0.25, 0.3) is 0 Å². The summed E-state index contributed by atoms with van der Waals surface area (Å²) >= 11 is 0. The first-order valence-electron chi connectivity index (χ1n) is 5.21. The summed E-state index contributed by atoms with van der Waals surface area (Å²) in [6.45, 7) is 5.16. The van der Waals surface area contributed by atoms with E-state index in [1.165, 1.54) is 6.07 Å². The van der Waals surface area contributed by atoms with Crippen LogP contribution in [-0.4, -0.2) is 23.3 Å². The van der Waals surface area contributed by atoms with Crippen molar-refractivity contribution in [2.24, 2.45) is 0 Å². The number of hydrogen-bond acceptors (Lipinski definition) is 3. The molecule has 92 valence electrons. The van der Waals surface area contributed by atoms with E-state index in [4.69, 9.17) is 9.84 Å². The molecule has 5 heteroatoms. The van der Waals surface area contributed by atoms with Crippen LogP contribution in [0.5, 0.6) is 0 Å². The fourth-order valence-electron chi connectivity index (χ4n) is 1.29. The minimum absolute atomic E-state index is 0.160. The molecule has 0 aliphatic rings. The molecule has 0 aliphatic carbocycles. The van der Waals surface area contributed by atoms with Gasteiger partial charge in [-0.3, -0.25) is 5.32 Å². The largest absolute Gasteiger partial charge is 0.478 e. The standard InChI is InChI=1S/C12H15NO4/c1-7(2)17-12(16)13-9-5-4-8(3)10(6-9)11(14)15/h4-7H,1-3H3,(H,13,16)(H,14,15). The number of carbonyl (C=O) groups is 2. The SMILES string of the molecule is Cc1ccc(NC(=O)OC(C)C)cc1C(=O)O. The Morgan fingerprint density at radius 3 is 2.53 bits per heavy atom. The second kappa shape index (κ2) is 5.34. The van der Waals surface area contributed by atoms with E-state index in [0.29, 0.717) is 11.3 Å². The lowest BCUT2D eigenvalue weighted by molar-refractivity contribution is 0.0696. The summed E-state index contributed by atoms with van der Waals surface area (Å²) in [5, 5.41) is 11.4. The molecule has 1 amide bonds. The Bertz CT molecular complexity index is 440. The molecular weight excluding hydrogens is 222 g/mol. The third-order valence-electron chi connectivity index (χ3n) is 2.06. The number of carbonyl (C=O) groups excluding carboxylic acids is 1. The summed E-state index contributed by atoms with van der Waals surface area (Å²) in [6.07, 6.45) is -0.820. The van der Waals surface area contributed by atoms with Crippen molar-refractivity contribution < 1.29 is 19.4 Å². The Morgan fingerprint density at radius 1 is 1.35 bits per heavy atom. The summed E-state index contributed by atoms with van der Waals surface area (Å²) in [6, 6.07) is 4.66. The lowest BCUT2D eigenvalue weighted by atomic mass is 10.1. The normalized spacial score (nSPS) is 10.1. The molecule has 0 aliphatic heterocycles. The molecule has 0 saturated heterocycles. The molecule has 1 rings (SSSR count). The van der Waals surface area contributed by atoms with Crippen molar-refractivity contribution in [1.29, 1.82) is 0 Å². The molecule has 0 fully saturated rings. The lowest BCUT2D eigenvalue weighted by Gasteiger charge is -2.10. The van der Waals surface area contributed by atoms with Gasteiger partial charge in [-0.25, -0.2) is 9.59 Å². The number of aryl methyl sites for hydroxylation is 1. The number of benzene rings is 1. The minimum Gasteiger partial charge on any atom is -0.478 e.